The molecule has 3 aromatic rings. The fraction of sp³-hybridized carbons (Fsp3) is 0.360. The molecule has 1 amide bonds. The molecule has 2 aromatic carbocycles. The molecule has 6 nitrogen and oxygen atoms in total. The maximum absolute atomic E-state index is 11.9. The van der Waals surface area contributed by atoms with Gasteiger partial charge in [0.2, 0.25) is 5.91 Å². The molecule has 0 bridgehead atoms. The highest BCUT2D eigenvalue weighted by Crippen LogP contribution is 2.29. The Morgan fingerprint density at radius 1 is 1.26 bits per heavy atom. The van der Waals surface area contributed by atoms with Crippen LogP contribution in [-0.4, -0.2) is 35.7 Å². The number of nitrogens with one attached hydrogen (secondary N) is 1. The number of methoxy groups -OCH3 is 1. The number of allylic oxidation sites excluding steroid dienone is 1. The lowest BCUT2D eigenvalue weighted by Crippen LogP contribution is -2.27. The number of benzene rings is 2. The molecule has 1 fully saturated rings. The Balaban J connectivity index is 1.43. The van der Waals surface area contributed by atoms with Gasteiger partial charge >= 0.3 is 0 Å². The van der Waals surface area contributed by atoms with E-state index in [1.54, 1.807) is 7.11 Å². The van der Waals surface area contributed by atoms with Crippen LogP contribution >= 0.6 is 0 Å². The molecule has 6 heteroatoms. The second-order valence-corrected chi connectivity index (χ2v) is 7.81. The molecule has 0 spiro atoms. The van der Waals surface area contributed by atoms with Crippen molar-refractivity contribution in [3.8, 4) is 11.5 Å². The van der Waals surface area contributed by atoms with Crippen molar-refractivity contribution in [1.29, 1.82) is 0 Å². The van der Waals surface area contributed by atoms with Crippen LogP contribution in [0.5, 0.6) is 11.5 Å². The van der Waals surface area contributed by atoms with Crippen LogP contribution in [0.15, 0.2) is 55.1 Å². The van der Waals surface area contributed by atoms with Gasteiger partial charge in [-0.05, 0) is 49.1 Å². The second kappa shape index (κ2) is 9.69. The van der Waals surface area contributed by atoms with Gasteiger partial charge in [-0.25, -0.2) is 4.98 Å². The van der Waals surface area contributed by atoms with Crippen LogP contribution in [0.25, 0.3) is 11.0 Å². The number of nitrogens with zero attached hydrogens (tertiary/aromatic N) is 2. The summed E-state index contributed by atoms with van der Waals surface area (Å²) in [6.07, 6.45) is 5.37. The number of ether oxygens (including phenoxy) is 2. The highest BCUT2D eigenvalue weighted by Gasteiger charge is 2.29. The van der Waals surface area contributed by atoms with Crippen molar-refractivity contribution in [3.63, 3.8) is 0 Å². The standard InChI is InChI=1S/C25H29N3O3/c1-3-6-18-9-12-22(23(17-18)30-2)31-16-15-28-21-8-5-4-7-20(21)27-24(28)13-14-26-25(29)19-10-11-19/h3-5,7-9,12,17,19H,1,6,10-11,13-16H2,2H3,(H,26,29). The van der Waals surface area contributed by atoms with Crippen molar-refractivity contribution >= 4 is 16.9 Å². The number of imidazole rings is 1. The van der Waals surface area contributed by atoms with Crippen molar-refractivity contribution in [3.05, 3.63) is 66.5 Å². The molecule has 162 valence electrons. The first kappa shape index (κ1) is 21.0. The molecule has 0 unspecified atom stereocenters. The van der Waals surface area contributed by atoms with Crippen molar-refractivity contribution < 1.29 is 14.3 Å². The quantitative estimate of drug-likeness (QED) is 0.479. The fourth-order valence-electron chi connectivity index (χ4n) is 3.72. The zero-order chi connectivity index (χ0) is 21.6. The summed E-state index contributed by atoms with van der Waals surface area (Å²) in [6, 6.07) is 14.0. The lowest BCUT2D eigenvalue weighted by atomic mass is 10.1. The number of rotatable bonds is 11. The third-order valence-electron chi connectivity index (χ3n) is 5.51. The molecule has 0 aliphatic heterocycles. The third-order valence-corrected chi connectivity index (χ3v) is 5.51. The van der Waals surface area contributed by atoms with E-state index in [2.05, 4.69) is 22.5 Å². The summed E-state index contributed by atoms with van der Waals surface area (Å²) in [5, 5.41) is 3.03. The highest BCUT2D eigenvalue weighted by atomic mass is 16.5. The van der Waals surface area contributed by atoms with Crippen LogP contribution in [0.2, 0.25) is 0 Å². The van der Waals surface area contributed by atoms with E-state index in [0.29, 0.717) is 26.1 Å². The van der Waals surface area contributed by atoms with Gasteiger partial charge in [-0.2, -0.15) is 0 Å². The summed E-state index contributed by atoms with van der Waals surface area (Å²) >= 11 is 0. The minimum atomic E-state index is 0.165. The van der Waals surface area contributed by atoms with E-state index >= 15 is 0 Å². The monoisotopic (exact) mass is 419 g/mol. The average molecular weight is 420 g/mol. The average Bonchev–Trinajstić information content (AvgIpc) is 3.58. The summed E-state index contributed by atoms with van der Waals surface area (Å²) in [4.78, 5) is 16.7. The SMILES string of the molecule is C=CCc1ccc(OCCn2c(CCNC(=O)C3CC3)nc3ccccc32)c(OC)c1. The Morgan fingerprint density at radius 3 is 2.87 bits per heavy atom. The summed E-state index contributed by atoms with van der Waals surface area (Å²) in [5.74, 6) is 2.78. The largest absolute Gasteiger partial charge is 0.493 e. The van der Waals surface area contributed by atoms with E-state index in [4.69, 9.17) is 14.5 Å². The van der Waals surface area contributed by atoms with Gasteiger partial charge in [-0.15, -0.1) is 6.58 Å². The number of para-hydroxylation sites is 2. The van der Waals surface area contributed by atoms with Crippen molar-refractivity contribution in [1.82, 2.24) is 14.9 Å². The molecule has 4 rings (SSSR count). The van der Waals surface area contributed by atoms with Crippen molar-refractivity contribution in [2.45, 2.75) is 32.2 Å². The van der Waals surface area contributed by atoms with Gasteiger partial charge in [-0.3, -0.25) is 4.79 Å². The van der Waals surface area contributed by atoms with E-state index in [1.165, 1.54) is 0 Å². The number of hydrogen-bond donors (Lipinski definition) is 1. The van der Waals surface area contributed by atoms with Gasteiger partial charge in [0.25, 0.3) is 0 Å². The van der Waals surface area contributed by atoms with E-state index < -0.39 is 0 Å². The number of aromatic nitrogens is 2. The first-order chi connectivity index (χ1) is 15.2. The summed E-state index contributed by atoms with van der Waals surface area (Å²) in [7, 11) is 1.65. The molecule has 1 aliphatic rings. The number of amides is 1. The number of fused-ring (bicyclic) bond motifs is 1. The van der Waals surface area contributed by atoms with Crippen molar-refractivity contribution in [2.24, 2.45) is 5.92 Å². The van der Waals surface area contributed by atoms with Crippen molar-refractivity contribution in [2.75, 3.05) is 20.3 Å². The molecule has 0 saturated heterocycles. The molecular weight excluding hydrogens is 390 g/mol. The van der Waals surface area contributed by atoms with Crippen LogP contribution in [0, 0.1) is 5.92 Å². The molecule has 0 radical (unpaired) electrons. The van der Waals surface area contributed by atoms with Gasteiger partial charge in [0.1, 0.15) is 12.4 Å². The maximum atomic E-state index is 11.9. The van der Waals surface area contributed by atoms with Crippen LogP contribution in [0.3, 0.4) is 0 Å². The predicted octanol–water partition coefficient (Wildman–Crippen LogP) is 3.92. The molecule has 1 heterocycles. The molecule has 1 N–H and O–H groups in total. The minimum Gasteiger partial charge on any atom is -0.493 e. The maximum Gasteiger partial charge on any atom is 0.223 e. The zero-order valence-electron chi connectivity index (χ0n) is 18.0. The normalized spacial score (nSPS) is 13.2. The molecule has 1 saturated carbocycles. The fourth-order valence-corrected chi connectivity index (χ4v) is 3.72. The smallest absolute Gasteiger partial charge is 0.223 e. The Kier molecular flexibility index (Phi) is 6.55. The lowest BCUT2D eigenvalue weighted by molar-refractivity contribution is -0.122. The Hall–Kier alpha value is -3.28. The Bertz CT molecular complexity index is 1070. The number of carbonyl (C=O) groups excluding carboxylic acids is 1. The van der Waals surface area contributed by atoms with Crippen LogP contribution in [0.1, 0.15) is 24.2 Å². The van der Waals surface area contributed by atoms with Gasteiger partial charge < -0.3 is 19.4 Å². The second-order valence-electron chi connectivity index (χ2n) is 7.81. The Labute approximate surface area is 182 Å². The lowest BCUT2D eigenvalue weighted by Gasteiger charge is -2.14. The Morgan fingerprint density at radius 2 is 2.10 bits per heavy atom. The predicted molar refractivity (Wildman–Crippen MR) is 122 cm³/mol. The van der Waals surface area contributed by atoms with Gasteiger partial charge in [0, 0.05) is 18.9 Å². The number of hydrogen-bond acceptors (Lipinski definition) is 4. The highest BCUT2D eigenvalue weighted by molar-refractivity contribution is 5.80. The van der Waals surface area contributed by atoms with E-state index in [1.807, 2.05) is 42.5 Å². The molecule has 1 aromatic heterocycles. The molecule has 31 heavy (non-hydrogen) atoms. The van der Waals surface area contributed by atoms with Gasteiger partial charge in [-0.1, -0.05) is 24.3 Å². The van der Waals surface area contributed by atoms with E-state index in [-0.39, 0.29) is 11.8 Å². The topological polar surface area (TPSA) is 65.4 Å². The van der Waals surface area contributed by atoms with Crippen LogP contribution in [-0.2, 0) is 24.2 Å². The van der Waals surface area contributed by atoms with Crippen LogP contribution < -0.4 is 14.8 Å². The zero-order valence-corrected chi connectivity index (χ0v) is 18.0. The summed E-state index contributed by atoms with van der Waals surface area (Å²) < 4.78 is 13.7. The van der Waals surface area contributed by atoms with Gasteiger partial charge in [0.15, 0.2) is 11.5 Å². The minimum absolute atomic E-state index is 0.165. The molecular formula is C25H29N3O3. The summed E-state index contributed by atoms with van der Waals surface area (Å²) in [6.45, 7) is 5.52. The molecule has 1 aliphatic carbocycles. The van der Waals surface area contributed by atoms with Crippen LogP contribution in [0.4, 0.5) is 0 Å². The third kappa shape index (κ3) is 5.08. The van der Waals surface area contributed by atoms with Gasteiger partial charge in [0.05, 0.1) is 24.7 Å². The first-order valence-corrected chi connectivity index (χ1v) is 10.8. The first-order valence-electron chi connectivity index (χ1n) is 10.8. The van der Waals surface area contributed by atoms with E-state index in [9.17, 15) is 4.79 Å². The molecule has 0 atom stereocenters. The van der Waals surface area contributed by atoms with E-state index in [0.717, 1.165) is 53.2 Å². The number of carbonyl (C=O) groups is 1. The summed E-state index contributed by atoms with van der Waals surface area (Å²) in [5.41, 5.74) is 3.16.